The third-order valence-electron chi connectivity index (χ3n) is 5.09. The van der Waals surface area contributed by atoms with E-state index >= 15 is 0 Å². The van der Waals surface area contributed by atoms with Crippen molar-refractivity contribution in [2.45, 2.75) is 33.0 Å². The van der Waals surface area contributed by atoms with Crippen LogP contribution in [0, 0.1) is 6.92 Å². The van der Waals surface area contributed by atoms with Gasteiger partial charge in [0.15, 0.2) is 0 Å². The summed E-state index contributed by atoms with van der Waals surface area (Å²) >= 11 is 0. The first kappa shape index (κ1) is 16.5. The number of benzene rings is 2. The summed E-state index contributed by atoms with van der Waals surface area (Å²) in [6.07, 6.45) is 2.07. The van der Waals surface area contributed by atoms with Gasteiger partial charge in [-0.25, -0.2) is 4.79 Å². The molecule has 4 heteroatoms. The maximum absolute atomic E-state index is 12.9. The van der Waals surface area contributed by atoms with Crippen molar-refractivity contribution in [2.75, 3.05) is 0 Å². The molecular weight excluding hydrogens is 322 g/mol. The van der Waals surface area contributed by atoms with Gasteiger partial charge >= 0.3 is 6.03 Å². The Bertz CT molecular complexity index is 927. The highest BCUT2D eigenvalue weighted by Gasteiger charge is 2.28. The molecule has 0 fully saturated rings. The van der Waals surface area contributed by atoms with Crippen LogP contribution in [0.4, 0.5) is 4.79 Å². The van der Waals surface area contributed by atoms with Gasteiger partial charge < -0.3 is 14.8 Å². The van der Waals surface area contributed by atoms with Crippen molar-refractivity contribution < 1.29 is 4.79 Å². The maximum atomic E-state index is 12.9. The fourth-order valence-corrected chi connectivity index (χ4v) is 3.55. The number of nitrogens with one attached hydrogen (secondary N) is 1. The van der Waals surface area contributed by atoms with Gasteiger partial charge in [-0.3, -0.25) is 0 Å². The van der Waals surface area contributed by atoms with Crippen molar-refractivity contribution in [3.63, 3.8) is 0 Å². The molecule has 0 saturated carbocycles. The lowest BCUT2D eigenvalue weighted by molar-refractivity contribution is 0.175. The molecule has 1 aliphatic heterocycles. The van der Waals surface area contributed by atoms with Crippen LogP contribution in [0.15, 0.2) is 66.9 Å². The molecule has 1 atom stereocenters. The second-order valence-electron chi connectivity index (χ2n) is 6.88. The highest BCUT2D eigenvalue weighted by molar-refractivity contribution is 5.75. The Morgan fingerprint density at radius 2 is 1.85 bits per heavy atom. The van der Waals surface area contributed by atoms with Gasteiger partial charge in [-0.2, -0.15) is 0 Å². The average Bonchev–Trinajstić information content (AvgIpc) is 3.11. The number of carbonyl (C=O) groups is 1. The third-order valence-corrected chi connectivity index (χ3v) is 5.09. The van der Waals surface area contributed by atoms with Crippen LogP contribution in [-0.2, 0) is 13.1 Å². The van der Waals surface area contributed by atoms with Crippen molar-refractivity contribution in [3.8, 4) is 5.69 Å². The molecule has 2 heterocycles. The van der Waals surface area contributed by atoms with Crippen LogP contribution in [0.25, 0.3) is 5.69 Å². The summed E-state index contributed by atoms with van der Waals surface area (Å²) < 4.78 is 2.19. The number of aromatic nitrogens is 1. The van der Waals surface area contributed by atoms with Crippen molar-refractivity contribution in [2.24, 2.45) is 0 Å². The Morgan fingerprint density at radius 1 is 1.08 bits per heavy atom. The number of amides is 2. The van der Waals surface area contributed by atoms with Gasteiger partial charge in [0, 0.05) is 18.4 Å². The molecule has 2 aromatic carbocycles. The first-order chi connectivity index (χ1) is 12.6. The van der Waals surface area contributed by atoms with E-state index < -0.39 is 0 Å². The first-order valence-corrected chi connectivity index (χ1v) is 8.99. The number of urea groups is 1. The van der Waals surface area contributed by atoms with Crippen LogP contribution in [-0.4, -0.2) is 15.5 Å². The minimum atomic E-state index is -0.0393. The fraction of sp³-hybridized carbons (Fsp3) is 0.227. The molecule has 1 N–H and O–H groups in total. The highest BCUT2D eigenvalue weighted by atomic mass is 16.2. The van der Waals surface area contributed by atoms with Crippen LogP contribution in [0.1, 0.15) is 35.3 Å². The van der Waals surface area contributed by atoms with Crippen LogP contribution < -0.4 is 5.32 Å². The molecule has 3 aromatic rings. The number of rotatable bonds is 2. The lowest BCUT2D eigenvalue weighted by atomic mass is 10.1. The third kappa shape index (κ3) is 2.99. The molecule has 0 radical (unpaired) electrons. The summed E-state index contributed by atoms with van der Waals surface area (Å²) in [6.45, 7) is 5.28. The van der Waals surface area contributed by atoms with E-state index in [1.54, 1.807) is 0 Å². The zero-order valence-corrected chi connectivity index (χ0v) is 15.1. The Balaban J connectivity index is 1.58. The lowest BCUT2D eigenvalue weighted by Crippen LogP contribution is -2.40. The van der Waals surface area contributed by atoms with Crippen LogP contribution in [0.2, 0.25) is 0 Å². The van der Waals surface area contributed by atoms with E-state index in [9.17, 15) is 4.79 Å². The van der Waals surface area contributed by atoms with Crippen LogP contribution >= 0.6 is 0 Å². The number of fused-ring (bicyclic) bond motifs is 3. The summed E-state index contributed by atoms with van der Waals surface area (Å²) in [6, 6.07) is 20.6. The standard InChI is InChI=1S/C22H23N3O/c1-16-9-11-18(12-10-16)14-23-22(26)25-15-19-6-3-4-7-21(19)24-13-5-8-20(24)17(25)2/h3-13,17H,14-15H2,1-2H3,(H,23,26). The monoisotopic (exact) mass is 345 g/mol. The van der Waals surface area contributed by atoms with Crippen LogP contribution in [0.3, 0.4) is 0 Å². The SMILES string of the molecule is Cc1ccc(CNC(=O)N2Cc3ccccc3-n3cccc3C2C)cc1. The van der Waals surface area contributed by atoms with Crippen LogP contribution in [0.5, 0.6) is 0 Å². The zero-order valence-electron chi connectivity index (χ0n) is 15.1. The molecule has 0 bridgehead atoms. The quantitative estimate of drug-likeness (QED) is 0.726. The highest BCUT2D eigenvalue weighted by Crippen LogP contribution is 2.31. The lowest BCUT2D eigenvalue weighted by Gasteiger charge is -2.27. The molecule has 4 rings (SSSR count). The maximum Gasteiger partial charge on any atom is 0.318 e. The summed E-state index contributed by atoms with van der Waals surface area (Å²) in [4.78, 5) is 14.9. The van der Waals surface area contributed by atoms with E-state index in [2.05, 4.69) is 72.4 Å². The summed E-state index contributed by atoms with van der Waals surface area (Å²) in [5.41, 5.74) is 5.75. The first-order valence-electron chi connectivity index (χ1n) is 8.99. The Hall–Kier alpha value is -3.01. The summed E-state index contributed by atoms with van der Waals surface area (Å²) in [7, 11) is 0. The Labute approximate surface area is 154 Å². The molecule has 1 unspecified atom stereocenters. The predicted molar refractivity (Wildman–Crippen MR) is 103 cm³/mol. The minimum absolute atomic E-state index is 0.00424. The molecule has 0 spiro atoms. The Kier molecular flexibility index (Phi) is 4.25. The molecule has 26 heavy (non-hydrogen) atoms. The van der Waals surface area contributed by atoms with E-state index in [1.165, 1.54) is 5.56 Å². The number of nitrogens with zero attached hydrogens (tertiary/aromatic N) is 2. The zero-order chi connectivity index (χ0) is 18.1. The number of para-hydroxylation sites is 1. The number of hydrogen-bond donors (Lipinski definition) is 1. The molecular formula is C22H23N3O. The van der Waals surface area contributed by atoms with Gasteiger partial charge in [0.25, 0.3) is 0 Å². The number of hydrogen-bond acceptors (Lipinski definition) is 1. The van der Waals surface area contributed by atoms with Gasteiger partial charge in [0.05, 0.1) is 18.3 Å². The molecule has 0 saturated heterocycles. The molecule has 2 amide bonds. The van der Waals surface area contributed by atoms with Crippen molar-refractivity contribution in [1.29, 1.82) is 0 Å². The van der Waals surface area contributed by atoms with Gasteiger partial charge in [0.1, 0.15) is 0 Å². The van der Waals surface area contributed by atoms with E-state index in [4.69, 9.17) is 0 Å². The van der Waals surface area contributed by atoms with Crippen molar-refractivity contribution in [3.05, 3.63) is 89.2 Å². The second kappa shape index (κ2) is 6.71. The number of carbonyl (C=O) groups excluding carboxylic acids is 1. The topological polar surface area (TPSA) is 37.3 Å². The number of aryl methyl sites for hydroxylation is 1. The molecule has 1 aromatic heterocycles. The van der Waals surface area contributed by atoms with E-state index in [0.717, 1.165) is 22.5 Å². The molecule has 1 aliphatic rings. The summed E-state index contributed by atoms with van der Waals surface area (Å²) in [5, 5.41) is 3.08. The average molecular weight is 345 g/mol. The molecule has 132 valence electrons. The normalized spacial score (nSPS) is 15.8. The van der Waals surface area contributed by atoms with E-state index in [1.807, 2.05) is 23.1 Å². The second-order valence-corrected chi connectivity index (χ2v) is 6.88. The van der Waals surface area contributed by atoms with E-state index in [-0.39, 0.29) is 12.1 Å². The van der Waals surface area contributed by atoms with Gasteiger partial charge in [0.2, 0.25) is 0 Å². The van der Waals surface area contributed by atoms with Gasteiger partial charge in [-0.05, 0) is 43.2 Å². The van der Waals surface area contributed by atoms with Crippen molar-refractivity contribution in [1.82, 2.24) is 14.8 Å². The largest absolute Gasteiger partial charge is 0.334 e. The fourth-order valence-electron chi connectivity index (χ4n) is 3.55. The van der Waals surface area contributed by atoms with Crippen molar-refractivity contribution >= 4 is 6.03 Å². The van der Waals surface area contributed by atoms with Gasteiger partial charge in [-0.15, -0.1) is 0 Å². The molecule has 0 aliphatic carbocycles. The predicted octanol–water partition coefficient (Wildman–Crippen LogP) is 4.57. The summed E-state index contributed by atoms with van der Waals surface area (Å²) in [5.74, 6) is 0. The smallest absolute Gasteiger partial charge is 0.318 e. The van der Waals surface area contributed by atoms with Gasteiger partial charge in [-0.1, -0.05) is 48.0 Å². The minimum Gasteiger partial charge on any atom is -0.334 e. The Morgan fingerprint density at radius 3 is 2.65 bits per heavy atom. The molecule has 4 nitrogen and oxygen atoms in total. The van der Waals surface area contributed by atoms with E-state index in [0.29, 0.717) is 13.1 Å².